The molecule has 5 nitrogen and oxygen atoms in total. The molecule has 1 heterocycles. The van der Waals surface area contributed by atoms with Crippen LogP contribution in [0.3, 0.4) is 0 Å². The topological polar surface area (TPSA) is 66.8 Å². The Kier molecular flexibility index (Phi) is 6.77. The number of hydrogen-bond donors (Lipinski definition) is 1. The molecule has 1 aliphatic heterocycles. The van der Waals surface area contributed by atoms with Gasteiger partial charge in [-0.2, -0.15) is 13.2 Å². The monoisotopic (exact) mass is 411 g/mol. The second-order valence-corrected chi connectivity index (χ2v) is 6.53. The minimum absolute atomic E-state index is 0.0173. The molecular weight excluding hydrogens is 387 g/mol. The maximum absolute atomic E-state index is 13.7. The number of benzene rings is 1. The van der Waals surface area contributed by atoms with Gasteiger partial charge in [0.25, 0.3) is 0 Å². The summed E-state index contributed by atoms with van der Waals surface area (Å²) in [6.45, 7) is 5.09. The first-order valence-electron chi connectivity index (χ1n) is 9.36. The first-order valence-corrected chi connectivity index (χ1v) is 9.36. The van der Waals surface area contributed by atoms with Gasteiger partial charge in [0.1, 0.15) is 0 Å². The van der Waals surface area contributed by atoms with Crippen molar-refractivity contribution in [1.82, 2.24) is 4.90 Å². The number of carbonyl (C=O) groups is 2. The number of aliphatic carboxylic acids is 1. The maximum atomic E-state index is 13.7. The Bertz CT molecular complexity index is 871. The molecule has 1 aromatic rings. The lowest BCUT2D eigenvalue weighted by atomic mass is 9.77. The van der Waals surface area contributed by atoms with Crippen LogP contribution in [0.2, 0.25) is 0 Å². The number of carboxylic acid groups (broad SMARTS) is 1. The standard InChI is InChI=1S/C21H24F3NO4/c1-5-14-17(19(26)27)16(12-10-8-9-11-13(12)21(22,23)24)18(20(28)29-7-3)15(6-2)25(14)4/h8-11,16H,5-7H2,1-4H3,(H,26,27). The lowest BCUT2D eigenvalue weighted by Gasteiger charge is -2.38. The summed E-state index contributed by atoms with van der Waals surface area (Å²) in [5, 5.41) is 9.93. The Labute approximate surface area is 167 Å². The van der Waals surface area contributed by atoms with Crippen LogP contribution < -0.4 is 0 Å². The van der Waals surface area contributed by atoms with E-state index in [9.17, 15) is 27.9 Å². The number of esters is 1. The largest absolute Gasteiger partial charge is 0.478 e. The molecular formula is C21H24F3NO4. The minimum atomic E-state index is -4.71. The molecule has 0 aliphatic carbocycles. The Morgan fingerprint density at radius 1 is 1.07 bits per heavy atom. The van der Waals surface area contributed by atoms with Gasteiger partial charge >= 0.3 is 18.1 Å². The number of ether oxygens (including phenoxy) is 1. The summed E-state index contributed by atoms with van der Waals surface area (Å²) in [5.41, 5.74) is -0.738. The molecule has 158 valence electrons. The molecule has 29 heavy (non-hydrogen) atoms. The second kappa shape index (κ2) is 8.71. The van der Waals surface area contributed by atoms with Gasteiger partial charge in [0.05, 0.1) is 29.2 Å². The van der Waals surface area contributed by atoms with Gasteiger partial charge in [0, 0.05) is 18.4 Å². The molecule has 1 aromatic carbocycles. The fourth-order valence-electron chi connectivity index (χ4n) is 3.87. The molecule has 0 bridgehead atoms. The highest BCUT2D eigenvalue weighted by atomic mass is 19.4. The van der Waals surface area contributed by atoms with E-state index in [1.807, 2.05) is 0 Å². The SMILES string of the molecule is CCOC(=O)C1=C(CC)N(C)C(CC)=C(C(=O)O)C1c1ccccc1C(F)(F)F. The van der Waals surface area contributed by atoms with Crippen molar-refractivity contribution in [2.75, 3.05) is 13.7 Å². The second-order valence-electron chi connectivity index (χ2n) is 6.53. The molecule has 0 aromatic heterocycles. The number of carbonyl (C=O) groups excluding carboxylic acids is 1. The number of allylic oxidation sites excluding steroid dienone is 2. The molecule has 2 rings (SSSR count). The van der Waals surface area contributed by atoms with E-state index < -0.39 is 29.6 Å². The van der Waals surface area contributed by atoms with Crippen LogP contribution in [0.4, 0.5) is 13.2 Å². The highest BCUT2D eigenvalue weighted by Gasteiger charge is 2.44. The average Bonchev–Trinajstić information content (AvgIpc) is 2.66. The van der Waals surface area contributed by atoms with Crippen molar-refractivity contribution >= 4 is 11.9 Å². The highest BCUT2D eigenvalue weighted by Crippen LogP contribution is 2.47. The van der Waals surface area contributed by atoms with E-state index in [-0.39, 0.29) is 29.7 Å². The van der Waals surface area contributed by atoms with Gasteiger partial charge in [-0.1, -0.05) is 32.0 Å². The minimum Gasteiger partial charge on any atom is -0.478 e. The van der Waals surface area contributed by atoms with E-state index in [4.69, 9.17) is 4.74 Å². The number of rotatable bonds is 6. The summed E-state index contributed by atoms with van der Waals surface area (Å²) in [4.78, 5) is 26.6. The first kappa shape index (κ1) is 22.5. The normalized spacial score (nSPS) is 17.6. The van der Waals surface area contributed by atoms with Crippen LogP contribution in [-0.2, 0) is 20.5 Å². The van der Waals surface area contributed by atoms with E-state index >= 15 is 0 Å². The van der Waals surface area contributed by atoms with Crippen LogP contribution in [-0.4, -0.2) is 35.6 Å². The summed E-state index contributed by atoms with van der Waals surface area (Å²) in [6, 6.07) is 4.76. The van der Waals surface area contributed by atoms with Crippen molar-refractivity contribution in [2.45, 2.75) is 45.7 Å². The zero-order valence-electron chi connectivity index (χ0n) is 16.8. The molecule has 0 spiro atoms. The molecule has 1 unspecified atom stereocenters. The van der Waals surface area contributed by atoms with Crippen molar-refractivity contribution in [3.63, 3.8) is 0 Å². The van der Waals surface area contributed by atoms with Crippen molar-refractivity contribution in [3.05, 3.63) is 57.9 Å². The number of hydrogen-bond acceptors (Lipinski definition) is 4. The summed E-state index contributed by atoms with van der Waals surface area (Å²) in [5.74, 6) is -3.56. The van der Waals surface area contributed by atoms with Gasteiger partial charge in [0.15, 0.2) is 0 Å². The molecule has 0 saturated heterocycles. The number of halogens is 3. The van der Waals surface area contributed by atoms with Crippen LogP contribution >= 0.6 is 0 Å². The highest BCUT2D eigenvalue weighted by molar-refractivity contribution is 5.99. The molecule has 1 aliphatic rings. The van der Waals surface area contributed by atoms with Crippen molar-refractivity contribution in [3.8, 4) is 0 Å². The molecule has 0 saturated carbocycles. The number of nitrogens with zero attached hydrogens (tertiary/aromatic N) is 1. The quantitative estimate of drug-likeness (QED) is 0.687. The van der Waals surface area contributed by atoms with E-state index in [1.54, 1.807) is 32.7 Å². The maximum Gasteiger partial charge on any atom is 0.416 e. The van der Waals surface area contributed by atoms with Crippen LogP contribution in [0.5, 0.6) is 0 Å². The number of alkyl halides is 3. The molecule has 1 atom stereocenters. The number of carboxylic acids is 1. The Morgan fingerprint density at radius 3 is 2.10 bits per heavy atom. The third kappa shape index (κ3) is 4.16. The van der Waals surface area contributed by atoms with Crippen molar-refractivity contribution < 1.29 is 32.6 Å². The Balaban J connectivity index is 2.94. The smallest absolute Gasteiger partial charge is 0.416 e. The average molecular weight is 411 g/mol. The van der Waals surface area contributed by atoms with Crippen LogP contribution in [0.1, 0.15) is 50.7 Å². The first-order chi connectivity index (χ1) is 13.6. The zero-order chi connectivity index (χ0) is 21.9. The van der Waals surface area contributed by atoms with Crippen LogP contribution in [0.25, 0.3) is 0 Å². The molecule has 0 amide bonds. The van der Waals surface area contributed by atoms with Gasteiger partial charge in [-0.25, -0.2) is 9.59 Å². The predicted molar refractivity (Wildman–Crippen MR) is 101 cm³/mol. The van der Waals surface area contributed by atoms with Gasteiger partial charge in [-0.15, -0.1) is 0 Å². The predicted octanol–water partition coefficient (Wildman–Crippen LogP) is 4.71. The third-order valence-electron chi connectivity index (χ3n) is 4.98. The fraction of sp³-hybridized carbons (Fsp3) is 0.429. The van der Waals surface area contributed by atoms with Gasteiger partial charge < -0.3 is 14.7 Å². The molecule has 0 radical (unpaired) electrons. The summed E-state index contributed by atoms with van der Waals surface area (Å²) < 4.78 is 46.3. The van der Waals surface area contributed by atoms with Crippen LogP contribution in [0, 0.1) is 0 Å². The Morgan fingerprint density at radius 2 is 1.62 bits per heavy atom. The van der Waals surface area contributed by atoms with E-state index in [2.05, 4.69) is 0 Å². The van der Waals surface area contributed by atoms with E-state index in [1.165, 1.54) is 18.2 Å². The summed E-state index contributed by atoms with van der Waals surface area (Å²) in [7, 11) is 1.62. The van der Waals surface area contributed by atoms with Crippen molar-refractivity contribution in [2.24, 2.45) is 0 Å². The van der Waals surface area contributed by atoms with E-state index in [0.29, 0.717) is 17.8 Å². The zero-order valence-corrected chi connectivity index (χ0v) is 16.8. The molecule has 8 heteroatoms. The van der Waals surface area contributed by atoms with Crippen molar-refractivity contribution in [1.29, 1.82) is 0 Å². The Hall–Kier alpha value is -2.77. The summed E-state index contributed by atoms with van der Waals surface area (Å²) in [6.07, 6.45) is -4.10. The van der Waals surface area contributed by atoms with Gasteiger partial charge in [-0.3, -0.25) is 0 Å². The fourth-order valence-corrected chi connectivity index (χ4v) is 3.87. The van der Waals surface area contributed by atoms with E-state index in [0.717, 1.165) is 6.07 Å². The molecule has 1 N–H and O–H groups in total. The van der Waals surface area contributed by atoms with Gasteiger partial charge in [0.2, 0.25) is 0 Å². The summed E-state index contributed by atoms with van der Waals surface area (Å²) >= 11 is 0. The lowest BCUT2D eigenvalue weighted by Crippen LogP contribution is -2.35. The third-order valence-corrected chi connectivity index (χ3v) is 4.98. The van der Waals surface area contributed by atoms with Crippen LogP contribution in [0.15, 0.2) is 46.8 Å². The molecule has 0 fully saturated rings. The lowest BCUT2D eigenvalue weighted by molar-refractivity contribution is -0.141. The van der Waals surface area contributed by atoms with Gasteiger partial charge in [-0.05, 0) is 31.4 Å².